The number of piperidine rings is 1. The van der Waals surface area contributed by atoms with Crippen LogP contribution in [0, 0.1) is 11.3 Å². The lowest BCUT2D eigenvalue weighted by atomic mass is 9.91. The second kappa shape index (κ2) is 6.18. The smallest absolute Gasteiger partial charge is 0.246 e. The molecule has 1 aliphatic heterocycles. The van der Waals surface area contributed by atoms with E-state index in [1.807, 2.05) is 32.6 Å². The van der Waals surface area contributed by atoms with E-state index in [1.165, 1.54) is 0 Å². The number of nitrogens with one attached hydrogen (secondary N) is 1. The Morgan fingerprint density at radius 1 is 1.28 bits per heavy atom. The van der Waals surface area contributed by atoms with Crippen molar-refractivity contribution in [1.82, 2.24) is 10.4 Å². The molecule has 0 radical (unpaired) electrons. The van der Waals surface area contributed by atoms with Crippen LogP contribution in [-0.4, -0.2) is 36.4 Å². The summed E-state index contributed by atoms with van der Waals surface area (Å²) in [5.41, 5.74) is 2.09. The van der Waals surface area contributed by atoms with Crippen molar-refractivity contribution >= 4 is 11.8 Å². The van der Waals surface area contributed by atoms with Gasteiger partial charge in [-0.3, -0.25) is 14.4 Å². The zero-order valence-corrected chi connectivity index (χ0v) is 11.8. The third kappa shape index (κ3) is 3.98. The van der Waals surface area contributed by atoms with Gasteiger partial charge in [-0.1, -0.05) is 20.8 Å². The predicted octanol–water partition coefficient (Wildman–Crippen LogP) is 1.34. The summed E-state index contributed by atoms with van der Waals surface area (Å²) >= 11 is 0. The monoisotopic (exact) mass is 256 g/mol. The number of amides is 2. The minimum absolute atomic E-state index is 0.0411. The van der Waals surface area contributed by atoms with E-state index in [9.17, 15) is 9.59 Å². The molecular formula is C13H24N2O3. The Morgan fingerprint density at radius 2 is 1.83 bits per heavy atom. The summed E-state index contributed by atoms with van der Waals surface area (Å²) in [5.74, 6) is 0.0476. The van der Waals surface area contributed by atoms with Gasteiger partial charge in [0.25, 0.3) is 0 Å². The van der Waals surface area contributed by atoms with Gasteiger partial charge in [0.1, 0.15) is 0 Å². The molecule has 1 saturated heterocycles. The number of nitrogens with zero attached hydrogens (tertiary/aromatic N) is 1. The average Bonchev–Trinajstić information content (AvgIpc) is 2.34. The first kappa shape index (κ1) is 15.0. The van der Waals surface area contributed by atoms with Gasteiger partial charge in [-0.2, -0.15) is 0 Å². The van der Waals surface area contributed by atoms with E-state index in [-0.39, 0.29) is 23.1 Å². The molecule has 1 heterocycles. The zero-order valence-electron chi connectivity index (χ0n) is 11.8. The molecule has 0 saturated carbocycles. The van der Waals surface area contributed by atoms with E-state index in [2.05, 4.69) is 5.48 Å². The number of likely N-dealkylation sites (tertiary alicyclic amines) is 1. The summed E-state index contributed by atoms with van der Waals surface area (Å²) in [5, 5.41) is 0. The van der Waals surface area contributed by atoms with Crippen molar-refractivity contribution in [3.8, 4) is 0 Å². The van der Waals surface area contributed by atoms with Crippen LogP contribution < -0.4 is 5.48 Å². The van der Waals surface area contributed by atoms with Crippen LogP contribution >= 0.6 is 0 Å². The highest BCUT2D eigenvalue weighted by Gasteiger charge is 2.32. The molecule has 1 rings (SSSR count). The fraction of sp³-hybridized carbons (Fsp3) is 0.846. The molecule has 0 atom stereocenters. The van der Waals surface area contributed by atoms with Crippen molar-refractivity contribution < 1.29 is 14.4 Å². The standard InChI is InChI=1S/C13H24N2O3/c1-5-18-14-11(16)10-6-8-15(9-7-10)12(17)13(2,3)4/h10H,5-9H2,1-4H3,(H,14,16). The summed E-state index contributed by atoms with van der Waals surface area (Å²) in [4.78, 5) is 30.5. The van der Waals surface area contributed by atoms with Crippen molar-refractivity contribution in [3.05, 3.63) is 0 Å². The second-order valence-corrected chi connectivity index (χ2v) is 5.72. The Morgan fingerprint density at radius 3 is 2.28 bits per heavy atom. The lowest BCUT2D eigenvalue weighted by Crippen LogP contribution is -2.46. The Kier molecular flexibility index (Phi) is 5.14. The first-order valence-corrected chi connectivity index (χ1v) is 6.57. The van der Waals surface area contributed by atoms with Crippen LogP contribution in [-0.2, 0) is 14.4 Å². The normalized spacial score (nSPS) is 17.7. The van der Waals surface area contributed by atoms with Crippen molar-refractivity contribution in [2.45, 2.75) is 40.5 Å². The molecule has 0 aromatic carbocycles. The topological polar surface area (TPSA) is 58.6 Å². The van der Waals surface area contributed by atoms with Gasteiger partial charge in [-0.15, -0.1) is 0 Å². The lowest BCUT2D eigenvalue weighted by molar-refractivity contribution is -0.145. The molecular weight excluding hydrogens is 232 g/mol. The Hall–Kier alpha value is -1.10. The minimum Gasteiger partial charge on any atom is -0.342 e. The molecule has 5 heteroatoms. The van der Waals surface area contributed by atoms with Crippen LogP contribution in [0.15, 0.2) is 0 Å². The van der Waals surface area contributed by atoms with Crippen molar-refractivity contribution in [3.63, 3.8) is 0 Å². The predicted molar refractivity (Wildman–Crippen MR) is 68.5 cm³/mol. The molecule has 0 spiro atoms. The molecule has 1 fully saturated rings. The maximum Gasteiger partial charge on any atom is 0.246 e. The molecule has 18 heavy (non-hydrogen) atoms. The molecule has 5 nitrogen and oxygen atoms in total. The van der Waals surface area contributed by atoms with Crippen molar-refractivity contribution in [2.75, 3.05) is 19.7 Å². The number of hydrogen-bond donors (Lipinski definition) is 1. The van der Waals surface area contributed by atoms with Gasteiger partial charge in [0.05, 0.1) is 6.61 Å². The van der Waals surface area contributed by atoms with Crippen LogP contribution in [0.4, 0.5) is 0 Å². The molecule has 0 aliphatic carbocycles. The molecule has 0 aromatic heterocycles. The molecule has 2 amide bonds. The van der Waals surface area contributed by atoms with Crippen LogP contribution in [0.1, 0.15) is 40.5 Å². The number of carbonyl (C=O) groups is 2. The Labute approximate surface area is 109 Å². The first-order valence-electron chi connectivity index (χ1n) is 6.57. The second-order valence-electron chi connectivity index (χ2n) is 5.72. The average molecular weight is 256 g/mol. The molecule has 104 valence electrons. The third-order valence-corrected chi connectivity index (χ3v) is 3.11. The quantitative estimate of drug-likeness (QED) is 0.775. The molecule has 1 N–H and O–H groups in total. The fourth-order valence-corrected chi connectivity index (χ4v) is 2.05. The van der Waals surface area contributed by atoms with Gasteiger partial charge >= 0.3 is 0 Å². The highest BCUT2D eigenvalue weighted by atomic mass is 16.6. The van der Waals surface area contributed by atoms with Crippen LogP contribution in [0.2, 0.25) is 0 Å². The van der Waals surface area contributed by atoms with Crippen molar-refractivity contribution in [1.29, 1.82) is 0 Å². The van der Waals surface area contributed by atoms with Gasteiger partial charge in [0, 0.05) is 24.4 Å². The minimum atomic E-state index is -0.347. The zero-order chi connectivity index (χ0) is 13.8. The van der Waals surface area contributed by atoms with Crippen molar-refractivity contribution in [2.24, 2.45) is 11.3 Å². The Balaban J connectivity index is 2.41. The summed E-state index contributed by atoms with van der Waals surface area (Å²) in [7, 11) is 0. The highest BCUT2D eigenvalue weighted by molar-refractivity contribution is 5.82. The molecule has 0 unspecified atom stereocenters. The first-order chi connectivity index (χ1) is 8.36. The Bertz CT molecular complexity index is 302. The summed E-state index contributed by atoms with van der Waals surface area (Å²) in [6.07, 6.45) is 1.42. The third-order valence-electron chi connectivity index (χ3n) is 3.11. The van der Waals surface area contributed by atoms with Gasteiger partial charge in [-0.05, 0) is 19.8 Å². The van der Waals surface area contributed by atoms with E-state index in [0.29, 0.717) is 32.5 Å². The lowest BCUT2D eigenvalue weighted by Gasteiger charge is -2.35. The van der Waals surface area contributed by atoms with E-state index in [4.69, 9.17) is 4.84 Å². The number of rotatable bonds is 3. The van der Waals surface area contributed by atoms with Crippen LogP contribution in [0.25, 0.3) is 0 Å². The molecule has 1 aliphatic rings. The fourth-order valence-electron chi connectivity index (χ4n) is 2.05. The summed E-state index contributed by atoms with van der Waals surface area (Å²) < 4.78 is 0. The number of hydroxylamine groups is 1. The SMILES string of the molecule is CCONC(=O)C1CCN(C(=O)C(C)(C)C)CC1. The summed E-state index contributed by atoms with van der Waals surface area (Å²) in [6.45, 7) is 9.36. The maximum absolute atomic E-state index is 12.1. The highest BCUT2D eigenvalue weighted by Crippen LogP contribution is 2.23. The number of hydrogen-bond acceptors (Lipinski definition) is 3. The van der Waals surface area contributed by atoms with Gasteiger partial charge in [0.2, 0.25) is 11.8 Å². The van der Waals surface area contributed by atoms with Gasteiger partial charge in [-0.25, -0.2) is 5.48 Å². The van der Waals surface area contributed by atoms with Crippen LogP contribution in [0.3, 0.4) is 0 Å². The number of carbonyl (C=O) groups excluding carboxylic acids is 2. The molecule has 0 aromatic rings. The van der Waals surface area contributed by atoms with Gasteiger partial charge < -0.3 is 4.90 Å². The largest absolute Gasteiger partial charge is 0.342 e. The summed E-state index contributed by atoms with van der Waals surface area (Å²) in [6, 6.07) is 0. The van der Waals surface area contributed by atoms with Gasteiger partial charge in [0.15, 0.2) is 0 Å². The van der Waals surface area contributed by atoms with E-state index in [1.54, 1.807) is 0 Å². The van der Waals surface area contributed by atoms with E-state index < -0.39 is 0 Å². The molecule has 0 bridgehead atoms. The van der Waals surface area contributed by atoms with E-state index >= 15 is 0 Å². The maximum atomic E-state index is 12.1. The van der Waals surface area contributed by atoms with E-state index in [0.717, 1.165) is 0 Å². The van der Waals surface area contributed by atoms with Crippen LogP contribution in [0.5, 0.6) is 0 Å².